The van der Waals surface area contributed by atoms with Crippen LogP contribution in [0.25, 0.3) is 21.1 Å². The van der Waals surface area contributed by atoms with Crippen LogP contribution in [-0.2, 0) is 17.6 Å². The molecule has 9 heteroatoms. The molecule has 0 radical (unpaired) electrons. The molecule has 0 fully saturated rings. The van der Waals surface area contributed by atoms with Gasteiger partial charge in [-0.15, -0.1) is 11.3 Å². The van der Waals surface area contributed by atoms with Crippen LogP contribution in [-0.4, -0.2) is 38.4 Å². The molecule has 0 bridgehead atoms. The largest absolute Gasteiger partial charge is 0.494 e. The number of H-pyrrole nitrogens is 1. The van der Waals surface area contributed by atoms with Crippen LogP contribution in [0.4, 0.5) is 11.5 Å². The summed E-state index contributed by atoms with van der Waals surface area (Å²) in [6.07, 6.45) is 5.19. The summed E-state index contributed by atoms with van der Waals surface area (Å²) in [6.45, 7) is 0. The molecule has 142 valence electrons. The van der Waals surface area contributed by atoms with Gasteiger partial charge in [-0.05, 0) is 30.9 Å². The van der Waals surface area contributed by atoms with Gasteiger partial charge in [-0.25, -0.2) is 9.97 Å². The third-order valence-electron chi connectivity index (χ3n) is 5.21. The van der Waals surface area contributed by atoms with E-state index in [1.165, 1.54) is 6.33 Å². The minimum Gasteiger partial charge on any atom is -0.494 e. The van der Waals surface area contributed by atoms with E-state index in [9.17, 15) is 9.90 Å². The van der Waals surface area contributed by atoms with E-state index >= 15 is 0 Å². The van der Waals surface area contributed by atoms with Crippen molar-refractivity contribution in [2.45, 2.75) is 19.3 Å². The highest BCUT2D eigenvalue weighted by Gasteiger charge is 2.29. The maximum absolute atomic E-state index is 11.4. The zero-order chi connectivity index (χ0) is 19.3. The van der Waals surface area contributed by atoms with Gasteiger partial charge in [-0.1, -0.05) is 0 Å². The second kappa shape index (κ2) is 6.45. The van der Waals surface area contributed by atoms with E-state index in [4.69, 9.17) is 4.74 Å². The van der Waals surface area contributed by atoms with Gasteiger partial charge in [-0.3, -0.25) is 9.89 Å². The van der Waals surface area contributed by atoms with E-state index in [0.717, 1.165) is 37.2 Å². The molecule has 8 nitrogen and oxygen atoms in total. The van der Waals surface area contributed by atoms with Gasteiger partial charge < -0.3 is 15.2 Å². The summed E-state index contributed by atoms with van der Waals surface area (Å²) >= 11 is 1.56. The smallest absolute Gasteiger partial charge is 0.306 e. The third kappa shape index (κ3) is 2.66. The van der Waals surface area contributed by atoms with Crippen LogP contribution in [0.1, 0.15) is 16.9 Å². The number of hydrogen-bond acceptors (Lipinski definition) is 7. The number of methoxy groups -OCH3 is 1. The third-order valence-corrected chi connectivity index (χ3v) is 6.37. The van der Waals surface area contributed by atoms with Gasteiger partial charge in [0.25, 0.3) is 0 Å². The SMILES string of the molecule is COc1cc2[nH]ncc2cc1Nc1ncnc2sc3c(c12)CC[C@@H](C(=O)O)C3. The van der Waals surface area contributed by atoms with Crippen LogP contribution in [0.5, 0.6) is 5.75 Å². The summed E-state index contributed by atoms with van der Waals surface area (Å²) in [6, 6.07) is 3.86. The van der Waals surface area contributed by atoms with Crippen molar-refractivity contribution in [1.29, 1.82) is 0 Å². The maximum Gasteiger partial charge on any atom is 0.306 e. The van der Waals surface area contributed by atoms with Gasteiger partial charge >= 0.3 is 5.97 Å². The lowest BCUT2D eigenvalue weighted by molar-refractivity contribution is -0.142. The number of carbonyl (C=O) groups is 1. The molecule has 0 aliphatic heterocycles. The first-order valence-electron chi connectivity index (χ1n) is 8.90. The number of aliphatic carboxylic acids is 1. The average Bonchev–Trinajstić information content (AvgIpc) is 3.30. The molecule has 0 amide bonds. The zero-order valence-electron chi connectivity index (χ0n) is 15.0. The Labute approximate surface area is 163 Å². The average molecular weight is 395 g/mol. The molecule has 4 aromatic rings. The lowest BCUT2D eigenvalue weighted by Crippen LogP contribution is -2.21. The summed E-state index contributed by atoms with van der Waals surface area (Å²) < 4.78 is 5.53. The summed E-state index contributed by atoms with van der Waals surface area (Å²) in [5.41, 5.74) is 2.84. The van der Waals surface area contributed by atoms with Gasteiger partial charge in [0.05, 0.1) is 35.8 Å². The summed E-state index contributed by atoms with van der Waals surface area (Å²) in [7, 11) is 1.62. The van der Waals surface area contributed by atoms with Crippen molar-refractivity contribution in [2.24, 2.45) is 5.92 Å². The molecular weight excluding hydrogens is 378 g/mol. The monoisotopic (exact) mass is 395 g/mol. The number of nitrogens with one attached hydrogen (secondary N) is 2. The fraction of sp³-hybridized carbons (Fsp3) is 0.263. The number of carboxylic acids is 1. The molecule has 28 heavy (non-hydrogen) atoms. The van der Waals surface area contributed by atoms with Crippen molar-refractivity contribution in [1.82, 2.24) is 20.2 Å². The highest BCUT2D eigenvalue weighted by molar-refractivity contribution is 7.19. The van der Waals surface area contributed by atoms with E-state index in [1.807, 2.05) is 12.1 Å². The number of aromatic amines is 1. The number of carboxylic acid groups (broad SMARTS) is 1. The summed E-state index contributed by atoms with van der Waals surface area (Å²) in [5.74, 6) is 0.329. The lowest BCUT2D eigenvalue weighted by atomic mass is 9.88. The quantitative estimate of drug-likeness (QED) is 0.484. The fourth-order valence-electron chi connectivity index (χ4n) is 3.78. The molecule has 3 aromatic heterocycles. The number of aromatic nitrogens is 4. The Kier molecular flexibility index (Phi) is 3.90. The Hall–Kier alpha value is -3.20. The number of fused-ring (bicyclic) bond motifs is 4. The van der Waals surface area contributed by atoms with Crippen LogP contribution in [0.2, 0.25) is 0 Å². The summed E-state index contributed by atoms with van der Waals surface area (Å²) in [5, 5.41) is 21.7. The Bertz CT molecular complexity index is 1220. The molecule has 1 aliphatic rings. The first-order valence-corrected chi connectivity index (χ1v) is 9.72. The van der Waals surface area contributed by atoms with Crippen molar-refractivity contribution in [2.75, 3.05) is 12.4 Å². The van der Waals surface area contributed by atoms with Crippen molar-refractivity contribution in [3.8, 4) is 5.75 Å². The van der Waals surface area contributed by atoms with Crippen LogP contribution in [0.3, 0.4) is 0 Å². The van der Waals surface area contributed by atoms with Crippen LogP contribution >= 0.6 is 11.3 Å². The summed E-state index contributed by atoms with van der Waals surface area (Å²) in [4.78, 5) is 22.2. The fourth-order valence-corrected chi connectivity index (χ4v) is 5.05. The lowest BCUT2D eigenvalue weighted by Gasteiger charge is -2.19. The van der Waals surface area contributed by atoms with E-state index in [2.05, 4.69) is 25.5 Å². The molecule has 5 rings (SSSR count). The number of thiophene rings is 1. The standard InChI is InChI=1S/C19H17N5O3S/c1-27-14-6-12-10(7-22-24-12)4-13(14)23-17-16-11-3-2-9(19(25)26)5-15(11)28-18(16)21-8-20-17/h4,6-9H,2-3,5H2,1H3,(H,22,24)(H,25,26)(H,20,21,23)/t9-/m1/s1. The Balaban J connectivity index is 1.60. The second-order valence-electron chi connectivity index (χ2n) is 6.82. The molecular formula is C19H17N5O3S. The van der Waals surface area contributed by atoms with E-state index in [1.54, 1.807) is 24.6 Å². The molecule has 0 unspecified atom stereocenters. The molecule has 0 saturated heterocycles. The van der Waals surface area contributed by atoms with Gasteiger partial charge in [-0.2, -0.15) is 5.10 Å². The normalized spacial score (nSPS) is 16.2. The van der Waals surface area contributed by atoms with E-state index in [-0.39, 0.29) is 5.92 Å². The second-order valence-corrected chi connectivity index (χ2v) is 7.90. The minimum atomic E-state index is -0.731. The molecule has 3 N–H and O–H groups in total. The zero-order valence-corrected chi connectivity index (χ0v) is 15.8. The Morgan fingerprint density at radius 3 is 3.11 bits per heavy atom. The molecule has 1 aromatic carbocycles. The van der Waals surface area contributed by atoms with Crippen LogP contribution < -0.4 is 10.1 Å². The predicted octanol–water partition coefficient (Wildman–Crippen LogP) is 3.51. The highest BCUT2D eigenvalue weighted by atomic mass is 32.1. The van der Waals surface area contributed by atoms with Gasteiger partial charge in [0, 0.05) is 16.3 Å². The van der Waals surface area contributed by atoms with E-state index < -0.39 is 5.97 Å². The predicted molar refractivity (Wildman–Crippen MR) is 106 cm³/mol. The van der Waals surface area contributed by atoms with Crippen molar-refractivity contribution >= 4 is 49.9 Å². The molecule has 0 saturated carbocycles. The Morgan fingerprint density at radius 1 is 1.39 bits per heavy atom. The number of benzene rings is 1. The number of aryl methyl sites for hydroxylation is 1. The van der Waals surface area contributed by atoms with Crippen LogP contribution in [0, 0.1) is 5.92 Å². The van der Waals surface area contributed by atoms with Crippen molar-refractivity contribution in [3.05, 3.63) is 35.1 Å². The van der Waals surface area contributed by atoms with Crippen LogP contribution in [0.15, 0.2) is 24.7 Å². The topological polar surface area (TPSA) is 113 Å². The molecule has 1 atom stereocenters. The minimum absolute atomic E-state index is 0.325. The number of rotatable bonds is 4. The molecule has 1 aliphatic carbocycles. The van der Waals surface area contributed by atoms with Gasteiger partial charge in [0.1, 0.15) is 22.7 Å². The van der Waals surface area contributed by atoms with E-state index in [0.29, 0.717) is 30.8 Å². The van der Waals surface area contributed by atoms with Gasteiger partial charge in [0.2, 0.25) is 0 Å². The number of nitrogens with zero attached hydrogens (tertiary/aromatic N) is 3. The first kappa shape index (κ1) is 16.9. The number of anilines is 2. The first-order chi connectivity index (χ1) is 13.6. The number of hydrogen-bond donors (Lipinski definition) is 3. The van der Waals surface area contributed by atoms with Crippen molar-refractivity contribution in [3.63, 3.8) is 0 Å². The van der Waals surface area contributed by atoms with Crippen molar-refractivity contribution < 1.29 is 14.6 Å². The van der Waals surface area contributed by atoms with Gasteiger partial charge in [0.15, 0.2) is 0 Å². The Morgan fingerprint density at radius 2 is 2.29 bits per heavy atom. The molecule has 3 heterocycles. The maximum atomic E-state index is 11.4. The highest BCUT2D eigenvalue weighted by Crippen LogP contribution is 2.41. The molecule has 0 spiro atoms. The number of ether oxygens (including phenoxy) is 1.